The Labute approximate surface area is 155 Å². The van der Waals surface area contributed by atoms with E-state index in [0.29, 0.717) is 18.8 Å². The molecule has 1 fully saturated rings. The van der Waals surface area contributed by atoms with Crippen LogP contribution in [0.5, 0.6) is 5.75 Å². The summed E-state index contributed by atoms with van der Waals surface area (Å²) in [5, 5.41) is 6.93. The first-order valence-corrected chi connectivity index (χ1v) is 9.42. The molecular weight excluding hydrogens is 328 g/mol. The maximum atomic E-state index is 12.5. The summed E-state index contributed by atoms with van der Waals surface area (Å²) in [7, 11) is 1.70. The van der Waals surface area contributed by atoms with Gasteiger partial charge in [0.25, 0.3) is 0 Å². The number of nitrogens with one attached hydrogen (secondary N) is 1. The van der Waals surface area contributed by atoms with E-state index >= 15 is 0 Å². The average Bonchev–Trinajstić information content (AvgIpc) is 3.10. The van der Waals surface area contributed by atoms with Gasteiger partial charge in [-0.25, -0.2) is 4.98 Å². The van der Waals surface area contributed by atoms with E-state index in [1.165, 1.54) is 12.0 Å². The number of likely N-dealkylation sites (tertiary alicyclic amines) is 1. The van der Waals surface area contributed by atoms with Crippen LogP contribution in [0.15, 0.2) is 24.3 Å². The van der Waals surface area contributed by atoms with Crippen LogP contribution in [0.25, 0.3) is 0 Å². The highest BCUT2D eigenvalue weighted by atomic mass is 16.5. The van der Waals surface area contributed by atoms with E-state index in [2.05, 4.69) is 27.3 Å². The molecule has 0 saturated carbocycles. The Morgan fingerprint density at radius 1 is 1.38 bits per heavy atom. The normalized spacial score (nSPS) is 17.3. The maximum Gasteiger partial charge on any atom is 0.223 e. The lowest BCUT2D eigenvalue weighted by atomic mass is 9.91. The lowest BCUT2D eigenvalue weighted by Gasteiger charge is -2.33. The van der Waals surface area contributed by atoms with Gasteiger partial charge in [-0.1, -0.05) is 12.1 Å². The van der Waals surface area contributed by atoms with Crippen LogP contribution in [0, 0.1) is 12.8 Å². The molecule has 0 radical (unpaired) electrons. The molecule has 0 bridgehead atoms. The molecule has 2 heterocycles. The summed E-state index contributed by atoms with van der Waals surface area (Å²) in [6.45, 7) is 3.62. The van der Waals surface area contributed by atoms with Crippen molar-refractivity contribution in [3.63, 3.8) is 0 Å². The molecule has 140 valence electrons. The van der Waals surface area contributed by atoms with Crippen molar-refractivity contribution in [3.8, 4) is 5.75 Å². The first kappa shape index (κ1) is 18.4. The molecule has 1 saturated heterocycles. The predicted octanol–water partition coefficient (Wildman–Crippen LogP) is 2.93. The second kappa shape index (κ2) is 8.83. The molecule has 1 N–H and O–H groups in total. The summed E-state index contributed by atoms with van der Waals surface area (Å²) in [5.41, 5.74) is 1.30. The molecule has 6 heteroatoms. The Morgan fingerprint density at radius 2 is 2.27 bits per heavy atom. The fourth-order valence-electron chi connectivity index (χ4n) is 3.60. The number of rotatable bonds is 7. The van der Waals surface area contributed by atoms with Crippen LogP contribution in [0.2, 0.25) is 0 Å². The molecule has 1 aliphatic heterocycles. The molecule has 1 aromatic carbocycles. The van der Waals surface area contributed by atoms with E-state index < -0.39 is 0 Å². The Kier molecular flexibility index (Phi) is 6.26. The third-order valence-electron chi connectivity index (χ3n) is 5.05. The maximum absolute atomic E-state index is 12.5. The van der Waals surface area contributed by atoms with Gasteiger partial charge < -0.3 is 9.64 Å². The first-order valence-electron chi connectivity index (χ1n) is 9.42. The van der Waals surface area contributed by atoms with Crippen LogP contribution in [-0.2, 0) is 17.6 Å². The molecule has 1 aliphatic rings. The number of ether oxygens (including phenoxy) is 1. The molecule has 0 spiro atoms. The molecular formula is C20H28N4O2. The van der Waals surface area contributed by atoms with Crippen molar-refractivity contribution in [3.05, 3.63) is 41.5 Å². The number of hydrogen-bond acceptors (Lipinski definition) is 4. The summed E-state index contributed by atoms with van der Waals surface area (Å²) in [6, 6.07) is 8.26. The van der Waals surface area contributed by atoms with Gasteiger partial charge in [0.05, 0.1) is 7.11 Å². The minimum absolute atomic E-state index is 0.221. The zero-order valence-electron chi connectivity index (χ0n) is 15.7. The number of amides is 1. The van der Waals surface area contributed by atoms with Crippen molar-refractivity contribution >= 4 is 5.91 Å². The number of H-pyrrole nitrogens is 1. The van der Waals surface area contributed by atoms with Crippen molar-refractivity contribution < 1.29 is 9.53 Å². The Morgan fingerprint density at radius 3 is 3.04 bits per heavy atom. The van der Waals surface area contributed by atoms with Crippen LogP contribution in [0.3, 0.4) is 0 Å². The van der Waals surface area contributed by atoms with Crippen molar-refractivity contribution in [2.24, 2.45) is 5.92 Å². The number of carbonyl (C=O) groups is 1. The number of aromatic amines is 1. The van der Waals surface area contributed by atoms with E-state index in [9.17, 15) is 4.79 Å². The SMILES string of the molecule is COc1cccc(CC[C@@H]2CCCN(C(=O)CCc3n[nH]c(C)n3)C2)c1. The molecule has 3 rings (SSSR count). The second-order valence-corrected chi connectivity index (χ2v) is 7.08. The Bertz CT molecular complexity index is 728. The molecule has 1 amide bonds. The van der Waals surface area contributed by atoms with E-state index in [4.69, 9.17) is 4.74 Å². The average molecular weight is 356 g/mol. The molecule has 2 aromatic rings. The fraction of sp³-hybridized carbons (Fsp3) is 0.550. The number of methoxy groups -OCH3 is 1. The molecule has 0 unspecified atom stereocenters. The van der Waals surface area contributed by atoms with Gasteiger partial charge in [-0.05, 0) is 56.2 Å². The number of aryl methyl sites for hydroxylation is 3. The van der Waals surface area contributed by atoms with Crippen molar-refractivity contribution in [2.45, 2.75) is 45.4 Å². The number of carbonyl (C=O) groups excluding carboxylic acids is 1. The van der Waals surface area contributed by atoms with Crippen molar-refractivity contribution in [1.82, 2.24) is 20.1 Å². The van der Waals surface area contributed by atoms with Gasteiger partial charge in [0.1, 0.15) is 11.6 Å². The highest BCUT2D eigenvalue weighted by molar-refractivity contribution is 5.76. The van der Waals surface area contributed by atoms with Crippen LogP contribution >= 0.6 is 0 Å². The van der Waals surface area contributed by atoms with E-state index in [1.807, 2.05) is 24.0 Å². The third-order valence-corrected chi connectivity index (χ3v) is 5.05. The highest BCUT2D eigenvalue weighted by Crippen LogP contribution is 2.23. The standard InChI is InChI=1S/C20H28N4O2/c1-15-21-19(23-22-15)10-11-20(25)24-12-4-6-17(14-24)9-8-16-5-3-7-18(13-16)26-2/h3,5,7,13,17H,4,6,8-12,14H2,1-2H3,(H,21,22,23)/t17-/m0/s1. The predicted molar refractivity (Wildman–Crippen MR) is 100 cm³/mol. The summed E-state index contributed by atoms with van der Waals surface area (Å²) in [5.74, 6) is 3.22. The molecule has 1 aromatic heterocycles. The van der Waals surface area contributed by atoms with E-state index in [1.54, 1.807) is 7.11 Å². The minimum Gasteiger partial charge on any atom is -0.497 e. The van der Waals surface area contributed by atoms with Crippen LogP contribution < -0.4 is 4.74 Å². The summed E-state index contributed by atoms with van der Waals surface area (Å²) in [4.78, 5) is 18.8. The number of hydrogen-bond donors (Lipinski definition) is 1. The minimum atomic E-state index is 0.221. The fourth-order valence-corrected chi connectivity index (χ4v) is 3.60. The summed E-state index contributed by atoms with van der Waals surface area (Å²) < 4.78 is 5.29. The van der Waals surface area contributed by atoms with Crippen molar-refractivity contribution in [2.75, 3.05) is 20.2 Å². The van der Waals surface area contributed by atoms with Gasteiger partial charge in [0.15, 0.2) is 5.82 Å². The number of aromatic nitrogens is 3. The van der Waals surface area contributed by atoms with Gasteiger partial charge in [-0.3, -0.25) is 9.89 Å². The molecule has 6 nitrogen and oxygen atoms in total. The summed E-state index contributed by atoms with van der Waals surface area (Å²) >= 11 is 0. The number of piperidine rings is 1. The Hall–Kier alpha value is -2.37. The monoisotopic (exact) mass is 356 g/mol. The number of nitrogens with zero attached hydrogens (tertiary/aromatic N) is 3. The van der Waals surface area contributed by atoms with Gasteiger partial charge in [0.2, 0.25) is 5.91 Å². The largest absolute Gasteiger partial charge is 0.497 e. The quantitative estimate of drug-likeness (QED) is 0.828. The van der Waals surface area contributed by atoms with Crippen molar-refractivity contribution in [1.29, 1.82) is 0 Å². The van der Waals surface area contributed by atoms with Crippen LogP contribution in [-0.4, -0.2) is 46.2 Å². The lowest BCUT2D eigenvalue weighted by Crippen LogP contribution is -2.40. The van der Waals surface area contributed by atoms with E-state index in [-0.39, 0.29) is 5.91 Å². The zero-order chi connectivity index (χ0) is 18.4. The number of benzene rings is 1. The smallest absolute Gasteiger partial charge is 0.223 e. The molecule has 1 atom stereocenters. The first-order chi connectivity index (χ1) is 12.6. The van der Waals surface area contributed by atoms with E-state index in [0.717, 1.165) is 49.8 Å². The topological polar surface area (TPSA) is 71.1 Å². The van der Waals surface area contributed by atoms with Crippen LogP contribution in [0.1, 0.15) is 42.9 Å². The van der Waals surface area contributed by atoms with Crippen LogP contribution in [0.4, 0.5) is 0 Å². The van der Waals surface area contributed by atoms with Gasteiger partial charge in [-0.2, -0.15) is 5.10 Å². The lowest BCUT2D eigenvalue weighted by molar-refractivity contribution is -0.133. The second-order valence-electron chi connectivity index (χ2n) is 7.08. The third kappa shape index (κ3) is 5.07. The summed E-state index contributed by atoms with van der Waals surface area (Å²) in [6.07, 6.45) is 5.52. The van der Waals surface area contributed by atoms with Gasteiger partial charge in [0, 0.05) is 25.9 Å². The molecule has 26 heavy (non-hydrogen) atoms. The highest BCUT2D eigenvalue weighted by Gasteiger charge is 2.23. The Balaban J connectivity index is 1.46. The van der Waals surface area contributed by atoms with Gasteiger partial charge in [-0.15, -0.1) is 0 Å². The molecule has 0 aliphatic carbocycles. The zero-order valence-corrected chi connectivity index (χ0v) is 15.7. The van der Waals surface area contributed by atoms with Gasteiger partial charge >= 0.3 is 0 Å².